The third kappa shape index (κ3) is 3.38. The van der Waals surface area contributed by atoms with E-state index in [1.165, 1.54) is 27.6 Å². The first kappa shape index (κ1) is 17.9. The topological polar surface area (TPSA) is 64.8 Å². The summed E-state index contributed by atoms with van der Waals surface area (Å²) in [4.78, 5) is 26.2. The molecule has 0 spiro atoms. The monoisotopic (exact) mass is 384 g/mol. The molecule has 0 amide bonds. The number of H-pyrrole nitrogens is 2. The molecular formula is C24H24N4O. The van der Waals surface area contributed by atoms with Crippen molar-refractivity contribution in [3.63, 3.8) is 0 Å². The maximum atomic E-state index is 12.6. The van der Waals surface area contributed by atoms with E-state index in [1.807, 2.05) is 24.3 Å². The number of benzene rings is 2. The molecular weight excluding hydrogens is 360 g/mol. The summed E-state index contributed by atoms with van der Waals surface area (Å²) in [7, 11) is 0. The van der Waals surface area contributed by atoms with Crippen LogP contribution in [0.1, 0.15) is 27.9 Å². The minimum Gasteiger partial charge on any atom is -0.361 e. The third-order valence-corrected chi connectivity index (χ3v) is 5.79. The van der Waals surface area contributed by atoms with Crippen LogP contribution in [0.2, 0.25) is 0 Å². The molecule has 0 unspecified atom stereocenters. The molecule has 2 N–H and O–H groups in total. The fraction of sp³-hybridized carbons (Fsp3) is 0.250. The molecule has 2 aromatic heterocycles. The Morgan fingerprint density at radius 1 is 1.07 bits per heavy atom. The second kappa shape index (κ2) is 7.01. The second-order valence-electron chi connectivity index (χ2n) is 8.03. The van der Waals surface area contributed by atoms with Crippen molar-refractivity contribution in [3.8, 4) is 11.4 Å². The van der Waals surface area contributed by atoms with Crippen LogP contribution in [0.5, 0.6) is 0 Å². The molecule has 0 saturated carbocycles. The molecule has 146 valence electrons. The molecule has 0 saturated heterocycles. The van der Waals surface area contributed by atoms with Gasteiger partial charge in [-0.25, -0.2) is 4.98 Å². The van der Waals surface area contributed by atoms with E-state index in [1.54, 1.807) is 0 Å². The average molecular weight is 384 g/mol. The number of hydrogen-bond acceptors (Lipinski definition) is 3. The van der Waals surface area contributed by atoms with Crippen molar-refractivity contribution in [3.05, 3.63) is 87.0 Å². The number of aryl methyl sites for hydroxylation is 2. The van der Waals surface area contributed by atoms with Crippen molar-refractivity contribution in [2.24, 2.45) is 0 Å². The van der Waals surface area contributed by atoms with Gasteiger partial charge in [-0.05, 0) is 38.0 Å². The average Bonchev–Trinajstić information content (AvgIpc) is 3.10. The molecule has 0 atom stereocenters. The Hall–Kier alpha value is -3.18. The normalized spacial score (nSPS) is 14.3. The van der Waals surface area contributed by atoms with Crippen LogP contribution in [0.15, 0.2) is 53.5 Å². The molecule has 1 aliphatic heterocycles. The van der Waals surface area contributed by atoms with Gasteiger partial charge in [-0.3, -0.25) is 9.69 Å². The number of rotatable bonds is 3. The van der Waals surface area contributed by atoms with Crippen LogP contribution in [0.3, 0.4) is 0 Å². The van der Waals surface area contributed by atoms with Gasteiger partial charge in [0.15, 0.2) is 0 Å². The number of aromatic amines is 2. The van der Waals surface area contributed by atoms with E-state index in [-0.39, 0.29) is 5.56 Å². The SMILES string of the molecule is Cc1ccc(-c2nc3c(c(=O)[nH]2)CCN(Cc2c[nH]c4ccc(C)cc24)C3)cc1. The summed E-state index contributed by atoms with van der Waals surface area (Å²) in [5, 5.41) is 1.27. The van der Waals surface area contributed by atoms with Crippen molar-refractivity contribution in [1.82, 2.24) is 19.9 Å². The molecule has 5 nitrogen and oxygen atoms in total. The summed E-state index contributed by atoms with van der Waals surface area (Å²) in [6, 6.07) is 14.6. The van der Waals surface area contributed by atoms with Crippen molar-refractivity contribution >= 4 is 10.9 Å². The van der Waals surface area contributed by atoms with E-state index in [9.17, 15) is 4.79 Å². The highest BCUT2D eigenvalue weighted by molar-refractivity contribution is 5.83. The smallest absolute Gasteiger partial charge is 0.254 e. The number of fused-ring (bicyclic) bond motifs is 2. The lowest BCUT2D eigenvalue weighted by Gasteiger charge is -2.27. The Morgan fingerprint density at radius 2 is 1.86 bits per heavy atom. The van der Waals surface area contributed by atoms with Gasteiger partial charge >= 0.3 is 0 Å². The molecule has 29 heavy (non-hydrogen) atoms. The number of hydrogen-bond donors (Lipinski definition) is 2. The molecule has 3 heterocycles. The van der Waals surface area contributed by atoms with E-state index in [0.717, 1.165) is 36.3 Å². The summed E-state index contributed by atoms with van der Waals surface area (Å²) >= 11 is 0. The minimum absolute atomic E-state index is 0.00653. The lowest BCUT2D eigenvalue weighted by atomic mass is 10.0. The maximum Gasteiger partial charge on any atom is 0.254 e. The summed E-state index contributed by atoms with van der Waals surface area (Å²) in [5.74, 6) is 0.651. The molecule has 0 radical (unpaired) electrons. The van der Waals surface area contributed by atoms with Gasteiger partial charge in [-0.1, -0.05) is 41.5 Å². The molecule has 0 fully saturated rings. The fourth-order valence-electron chi connectivity index (χ4n) is 4.14. The van der Waals surface area contributed by atoms with Crippen molar-refractivity contribution in [1.29, 1.82) is 0 Å². The predicted molar refractivity (Wildman–Crippen MR) is 116 cm³/mol. The quantitative estimate of drug-likeness (QED) is 0.559. The van der Waals surface area contributed by atoms with Crippen LogP contribution in [-0.4, -0.2) is 26.4 Å². The van der Waals surface area contributed by atoms with Gasteiger partial charge in [0.1, 0.15) is 5.82 Å². The van der Waals surface area contributed by atoms with Crippen molar-refractivity contribution in [2.75, 3.05) is 6.54 Å². The van der Waals surface area contributed by atoms with Gasteiger partial charge < -0.3 is 9.97 Å². The Morgan fingerprint density at radius 3 is 2.69 bits per heavy atom. The highest BCUT2D eigenvalue weighted by Crippen LogP contribution is 2.24. The second-order valence-corrected chi connectivity index (χ2v) is 8.03. The van der Waals surface area contributed by atoms with Crippen LogP contribution < -0.4 is 5.56 Å². The predicted octanol–water partition coefficient (Wildman–Crippen LogP) is 4.09. The first-order valence-corrected chi connectivity index (χ1v) is 10.0. The van der Waals surface area contributed by atoms with Gasteiger partial charge in [0.05, 0.1) is 5.69 Å². The molecule has 1 aliphatic rings. The molecule has 4 aromatic rings. The standard InChI is InChI=1S/C24H24N4O/c1-15-3-6-17(7-4-15)23-26-22-14-28(10-9-19(22)24(29)27-23)13-18-12-25-21-8-5-16(2)11-20(18)21/h3-8,11-12,25H,9-10,13-14H2,1-2H3,(H,26,27,29). The van der Waals surface area contributed by atoms with Gasteiger partial charge in [-0.2, -0.15) is 0 Å². The van der Waals surface area contributed by atoms with Gasteiger partial charge in [0.25, 0.3) is 5.56 Å². The van der Waals surface area contributed by atoms with Gasteiger partial charge in [0.2, 0.25) is 0 Å². The van der Waals surface area contributed by atoms with Crippen LogP contribution in [0, 0.1) is 13.8 Å². The zero-order valence-electron chi connectivity index (χ0n) is 16.7. The first-order chi connectivity index (χ1) is 14.1. The van der Waals surface area contributed by atoms with Crippen LogP contribution in [0.4, 0.5) is 0 Å². The van der Waals surface area contributed by atoms with Crippen LogP contribution in [-0.2, 0) is 19.5 Å². The van der Waals surface area contributed by atoms with Gasteiger partial charge in [-0.15, -0.1) is 0 Å². The summed E-state index contributed by atoms with van der Waals surface area (Å²) in [5.41, 5.74) is 7.56. The maximum absolute atomic E-state index is 12.6. The van der Waals surface area contributed by atoms with Crippen LogP contribution >= 0.6 is 0 Å². The summed E-state index contributed by atoms with van der Waals surface area (Å²) in [6.07, 6.45) is 2.83. The Bertz CT molecular complexity index is 1250. The zero-order chi connectivity index (χ0) is 20.0. The summed E-state index contributed by atoms with van der Waals surface area (Å²) in [6.45, 7) is 6.57. The number of nitrogens with zero attached hydrogens (tertiary/aromatic N) is 2. The van der Waals surface area contributed by atoms with Gasteiger partial charge in [0, 0.05) is 47.9 Å². The van der Waals surface area contributed by atoms with Crippen LogP contribution in [0.25, 0.3) is 22.3 Å². The lowest BCUT2D eigenvalue weighted by Crippen LogP contribution is -2.35. The fourth-order valence-corrected chi connectivity index (χ4v) is 4.14. The lowest BCUT2D eigenvalue weighted by molar-refractivity contribution is 0.241. The van der Waals surface area contributed by atoms with E-state index in [2.05, 4.69) is 53.1 Å². The van der Waals surface area contributed by atoms with Crippen molar-refractivity contribution in [2.45, 2.75) is 33.4 Å². The van der Waals surface area contributed by atoms with E-state index < -0.39 is 0 Å². The first-order valence-electron chi connectivity index (χ1n) is 10.0. The third-order valence-electron chi connectivity index (χ3n) is 5.79. The highest BCUT2D eigenvalue weighted by atomic mass is 16.1. The molecule has 0 aliphatic carbocycles. The van der Waals surface area contributed by atoms with E-state index in [4.69, 9.17) is 4.98 Å². The molecule has 0 bridgehead atoms. The minimum atomic E-state index is -0.00653. The number of nitrogens with one attached hydrogen (secondary N) is 2. The largest absolute Gasteiger partial charge is 0.361 e. The zero-order valence-corrected chi connectivity index (χ0v) is 16.7. The van der Waals surface area contributed by atoms with E-state index in [0.29, 0.717) is 12.4 Å². The highest BCUT2D eigenvalue weighted by Gasteiger charge is 2.22. The Labute approximate surface area is 169 Å². The number of aromatic nitrogens is 3. The molecule has 5 rings (SSSR count). The summed E-state index contributed by atoms with van der Waals surface area (Å²) < 4.78 is 0. The molecule has 5 heteroatoms. The van der Waals surface area contributed by atoms with Crippen molar-refractivity contribution < 1.29 is 0 Å². The Balaban J connectivity index is 1.44. The Kier molecular flexibility index (Phi) is 4.32. The van der Waals surface area contributed by atoms with E-state index >= 15 is 0 Å². The molecule has 2 aromatic carbocycles.